The lowest BCUT2D eigenvalue weighted by Gasteiger charge is -2.36. The molecule has 1 aromatic carbocycles. The molecule has 2 heterocycles. The predicted molar refractivity (Wildman–Crippen MR) is 130 cm³/mol. The molecule has 8 nitrogen and oxygen atoms in total. The highest BCUT2D eigenvalue weighted by molar-refractivity contribution is 6.32. The number of aromatic nitrogens is 1. The van der Waals surface area contributed by atoms with Gasteiger partial charge in [-0.15, -0.1) is 0 Å². The van der Waals surface area contributed by atoms with Gasteiger partial charge in [0.15, 0.2) is 11.5 Å². The number of hydrogen-bond acceptors (Lipinski definition) is 6. The first-order valence-electron chi connectivity index (χ1n) is 11.6. The molecule has 1 saturated carbocycles. The Kier molecular flexibility index (Phi) is 7.09. The summed E-state index contributed by atoms with van der Waals surface area (Å²) in [4.78, 5) is 30.1. The number of nitrogens with one attached hydrogen (secondary N) is 1. The van der Waals surface area contributed by atoms with Crippen molar-refractivity contribution in [2.75, 3.05) is 20.8 Å². The van der Waals surface area contributed by atoms with E-state index in [1.807, 2.05) is 6.92 Å². The fourth-order valence-electron chi connectivity index (χ4n) is 4.83. The first kappa shape index (κ1) is 24.4. The minimum Gasteiger partial charge on any atom is -0.496 e. The summed E-state index contributed by atoms with van der Waals surface area (Å²) in [5, 5.41) is 0.326. The predicted octanol–water partition coefficient (Wildman–Crippen LogP) is 3.58. The van der Waals surface area contributed by atoms with Crippen molar-refractivity contribution in [2.24, 2.45) is 11.7 Å². The Balaban J connectivity index is 1.58. The number of pyridine rings is 1. The molecular formula is C25H32ClN3O5. The second-order valence-corrected chi connectivity index (χ2v) is 9.73. The van der Waals surface area contributed by atoms with E-state index in [4.69, 9.17) is 31.5 Å². The van der Waals surface area contributed by atoms with Crippen LogP contribution in [-0.4, -0.2) is 48.7 Å². The zero-order valence-electron chi connectivity index (χ0n) is 20.1. The van der Waals surface area contributed by atoms with Crippen molar-refractivity contribution < 1.29 is 19.0 Å². The number of aryl methyl sites for hydroxylation is 1. The van der Waals surface area contributed by atoms with Crippen LogP contribution in [0.4, 0.5) is 0 Å². The van der Waals surface area contributed by atoms with Gasteiger partial charge in [-0.3, -0.25) is 9.59 Å². The SMILES string of the molecule is COc1cc(C)[nH]c(=O)c1CN(C)C(=O)c1cc(Cl)c2c(c1C)O[C@@H]([C@H]1CC[C@@H](N)CC1)CO2. The highest BCUT2D eigenvalue weighted by atomic mass is 35.5. The maximum Gasteiger partial charge on any atom is 0.256 e. The molecule has 9 heteroatoms. The quantitative estimate of drug-likeness (QED) is 0.664. The Morgan fingerprint density at radius 2 is 1.94 bits per heavy atom. The van der Waals surface area contributed by atoms with Gasteiger partial charge in [0.05, 0.1) is 24.2 Å². The van der Waals surface area contributed by atoms with Gasteiger partial charge in [0.25, 0.3) is 11.5 Å². The maximum absolute atomic E-state index is 13.4. The average molecular weight is 490 g/mol. The molecule has 1 amide bonds. The molecule has 184 valence electrons. The van der Waals surface area contributed by atoms with Crippen LogP contribution in [0.3, 0.4) is 0 Å². The van der Waals surface area contributed by atoms with Crippen molar-refractivity contribution in [3.05, 3.63) is 49.9 Å². The molecule has 3 N–H and O–H groups in total. The number of nitrogens with zero attached hydrogens (tertiary/aromatic N) is 1. The van der Waals surface area contributed by atoms with Crippen LogP contribution in [0.2, 0.25) is 5.02 Å². The lowest BCUT2D eigenvalue weighted by Crippen LogP contribution is -2.40. The van der Waals surface area contributed by atoms with Gasteiger partial charge in [-0.2, -0.15) is 0 Å². The third kappa shape index (κ3) is 4.74. The Bertz CT molecular complexity index is 1140. The molecule has 0 saturated heterocycles. The van der Waals surface area contributed by atoms with Crippen molar-refractivity contribution in [3.8, 4) is 17.2 Å². The van der Waals surface area contributed by atoms with Gasteiger partial charge >= 0.3 is 0 Å². The number of nitrogens with two attached hydrogens (primary N) is 1. The van der Waals surface area contributed by atoms with E-state index in [9.17, 15) is 9.59 Å². The van der Waals surface area contributed by atoms with E-state index >= 15 is 0 Å². The molecule has 34 heavy (non-hydrogen) atoms. The molecule has 2 aromatic rings. The molecule has 0 bridgehead atoms. The molecular weight excluding hydrogens is 458 g/mol. The number of amides is 1. The van der Waals surface area contributed by atoms with E-state index in [-0.39, 0.29) is 30.2 Å². The van der Waals surface area contributed by atoms with E-state index < -0.39 is 0 Å². The fourth-order valence-corrected chi connectivity index (χ4v) is 5.08. The normalized spacial score (nSPS) is 21.8. The third-order valence-corrected chi connectivity index (χ3v) is 7.15. The summed E-state index contributed by atoms with van der Waals surface area (Å²) in [7, 11) is 3.14. The van der Waals surface area contributed by atoms with E-state index in [1.165, 1.54) is 12.0 Å². The maximum atomic E-state index is 13.4. The Morgan fingerprint density at radius 1 is 1.24 bits per heavy atom. The van der Waals surface area contributed by atoms with E-state index in [0.29, 0.717) is 57.2 Å². The molecule has 1 aliphatic heterocycles. The number of benzene rings is 1. The minimum atomic E-state index is -0.288. The minimum absolute atomic E-state index is 0.0775. The Hall–Kier alpha value is -2.71. The van der Waals surface area contributed by atoms with Crippen molar-refractivity contribution in [3.63, 3.8) is 0 Å². The van der Waals surface area contributed by atoms with Crippen LogP contribution < -0.4 is 25.5 Å². The van der Waals surface area contributed by atoms with Gasteiger partial charge in [-0.05, 0) is 57.6 Å². The topological polar surface area (TPSA) is 107 Å². The Labute approximate surface area is 204 Å². The summed E-state index contributed by atoms with van der Waals surface area (Å²) in [5.74, 6) is 1.50. The smallest absolute Gasteiger partial charge is 0.256 e. The summed E-state index contributed by atoms with van der Waals surface area (Å²) in [6, 6.07) is 3.59. The van der Waals surface area contributed by atoms with Crippen molar-refractivity contribution in [1.82, 2.24) is 9.88 Å². The fraction of sp³-hybridized carbons (Fsp3) is 0.520. The monoisotopic (exact) mass is 489 g/mol. The summed E-state index contributed by atoms with van der Waals surface area (Å²) in [6.45, 7) is 4.11. The van der Waals surface area contributed by atoms with Crippen molar-refractivity contribution in [2.45, 2.75) is 58.2 Å². The molecule has 1 aliphatic carbocycles. The first-order valence-corrected chi connectivity index (χ1v) is 12.0. The second-order valence-electron chi connectivity index (χ2n) is 9.32. The molecule has 0 radical (unpaired) electrons. The number of carbonyl (C=O) groups is 1. The van der Waals surface area contributed by atoms with E-state index in [0.717, 1.165) is 25.7 Å². The van der Waals surface area contributed by atoms with Gasteiger partial charge in [0.1, 0.15) is 18.5 Å². The van der Waals surface area contributed by atoms with Gasteiger partial charge in [-0.25, -0.2) is 0 Å². The number of rotatable bonds is 5. The second kappa shape index (κ2) is 9.88. The van der Waals surface area contributed by atoms with Crippen LogP contribution in [0.5, 0.6) is 17.2 Å². The van der Waals surface area contributed by atoms with Gasteiger partial charge < -0.3 is 29.8 Å². The number of fused-ring (bicyclic) bond motifs is 1. The van der Waals surface area contributed by atoms with Crippen LogP contribution in [0.15, 0.2) is 16.9 Å². The average Bonchev–Trinajstić information content (AvgIpc) is 2.82. The molecule has 1 atom stereocenters. The summed E-state index contributed by atoms with van der Waals surface area (Å²) in [6.07, 6.45) is 3.83. The van der Waals surface area contributed by atoms with Crippen molar-refractivity contribution in [1.29, 1.82) is 0 Å². The summed E-state index contributed by atoms with van der Waals surface area (Å²) < 4.78 is 17.7. The molecule has 0 unspecified atom stereocenters. The van der Waals surface area contributed by atoms with Crippen LogP contribution in [-0.2, 0) is 6.54 Å². The highest BCUT2D eigenvalue weighted by Crippen LogP contribution is 2.45. The van der Waals surface area contributed by atoms with Crippen molar-refractivity contribution >= 4 is 17.5 Å². The lowest BCUT2D eigenvalue weighted by molar-refractivity contribution is 0.0314. The molecule has 4 rings (SSSR count). The molecule has 2 aliphatic rings. The first-order chi connectivity index (χ1) is 16.2. The molecule has 1 fully saturated rings. The summed E-state index contributed by atoms with van der Waals surface area (Å²) in [5.41, 5.74) is 7.90. The van der Waals surface area contributed by atoms with Gasteiger partial charge in [0, 0.05) is 29.9 Å². The zero-order valence-corrected chi connectivity index (χ0v) is 20.8. The number of aromatic amines is 1. The third-order valence-electron chi connectivity index (χ3n) is 6.86. The highest BCUT2D eigenvalue weighted by Gasteiger charge is 2.34. The molecule has 0 spiro atoms. The van der Waals surface area contributed by atoms with Crippen LogP contribution in [0, 0.1) is 19.8 Å². The van der Waals surface area contributed by atoms with Crippen LogP contribution in [0.1, 0.15) is 52.9 Å². The van der Waals surface area contributed by atoms with E-state index in [2.05, 4.69) is 4.98 Å². The standard InChI is InChI=1S/C25H32ClN3O5/c1-13-9-20(32-4)18(24(30)28-13)11-29(3)25(31)17-10-19(26)23-22(14(17)2)34-21(12-33-23)15-5-7-16(27)8-6-15/h9-10,15-16,21H,5-8,11-12,27H2,1-4H3,(H,28,30)/t15-,16+,21-/m1/s1. The molecule has 1 aromatic heterocycles. The largest absolute Gasteiger partial charge is 0.496 e. The zero-order chi connectivity index (χ0) is 24.6. The lowest BCUT2D eigenvalue weighted by atomic mass is 9.83. The number of halogens is 1. The number of methoxy groups -OCH3 is 1. The summed E-state index contributed by atoms with van der Waals surface area (Å²) >= 11 is 6.50. The Morgan fingerprint density at radius 3 is 2.62 bits per heavy atom. The van der Waals surface area contributed by atoms with Crippen LogP contribution >= 0.6 is 11.6 Å². The number of ether oxygens (including phenoxy) is 3. The van der Waals surface area contributed by atoms with E-state index in [1.54, 1.807) is 26.1 Å². The number of carbonyl (C=O) groups excluding carboxylic acids is 1. The number of hydrogen-bond donors (Lipinski definition) is 2. The van der Waals surface area contributed by atoms with Gasteiger partial charge in [-0.1, -0.05) is 11.6 Å². The number of H-pyrrole nitrogens is 1. The van der Waals surface area contributed by atoms with Gasteiger partial charge in [0.2, 0.25) is 0 Å². The van der Waals surface area contributed by atoms with Crippen LogP contribution in [0.25, 0.3) is 0 Å².